The van der Waals surface area contributed by atoms with Crippen LogP contribution in [0.2, 0.25) is 0 Å². The zero-order chi connectivity index (χ0) is 8.55. The summed E-state index contributed by atoms with van der Waals surface area (Å²) in [5.74, 6) is -0.147. The third kappa shape index (κ3) is 1.07. The van der Waals surface area contributed by atoms with E-state index >= 15 is 0 Å². The summed E-state index contributed by atoms with van der Waals surface area (Å²) in [6.45, 7) is 0. The second kappa shape index (κ2) is 2.59. The lowest BCUT2D eigenvalue weighted by Crippen LogP contribution is -2.29. The van der Waals surface area contributed by atoms with E-state index in [9.17, 15) is 9.59 Å². The number of hydrogen-bond acceptors (Lipinski definition) is 3. The third-order valence-electron chi connectivity index (χ3n) is 2.05. The van der Waals surface area contributed by atoms with Crippen molar-refractivity contribution >= 4 is 11.8 Å². The van der Waals surface area contributed by atoms with Gasteiger partial charge < -0.3 is 4.74 Å². The second-order valence-electron chi connectivity index (χ2n) is 2.90. The molecule has 1 saturated heterocycles. The van der Waals surface area contributed by atoms with Crippen LogP contribution in [0.25, 0.3) is 0 Å². The molecule has 3 heteroatoms. The molecule has 0 spiro atoms. The molecular formula is C9H8O3. The normalized spacial score (nSPS) is 27.7. The molecule has 2 rings (SSSR count). The first-order valence-electron chi connectivity index (χ1n) is 3.87. The lowest BCUT2D eigenvalue weighted by atomic mass is 9.90. The first-order chi connectivity index (χ1) is 5.77. The molecule has 0 N–H and O–H groups in total. The Labute approximate surface area is 69.7 Å². The quantitative estimate of drug-likeness (QED) is 0.395. The molecular weight excluding hydrogens is 156 g/mol. The number of esters is 1. The smallest absolute Gasteiger partial charge is 0.318 e. The van der Waals surface area contributed by atoms with E-state index in [1.165, 1.54) is 0 Å². The van der Waals surface area contributed by atoms with Crippen molar-refractivity contribution in [2.75, 3.05) is 0 Å². The highest BCUT2D eigenvalue weighted by Gasteiger charge is 2.32. The van der Waals surface area contributed by atoms with E-state index in [-0.39, 0.29) is 18.1 Å². The minimum absolute atomic E-state index is 0.0261. The van der Waals surface area contributed by atoms with E-state index in [2.05, 4.69) is 0 Å². The maximum absolute atomic E-state index is 11.3. The third-order valence-corrected chi connectivity index (χ3v) is 2.05. The number of allylic oxidation sites excluding steroid dienone is 4. The number of rotatable bonds is 0. The monoisotopic (exact) mass is 164 g/mol. The van der Waals surface area contributed by atoms with Crippen molar-refractivity contribution in [1.29, 1.82) is 0 Å². The Morgan fingerprint density at radius 2 is 2.25 bits per heavy atom. The van der Waals surface area contributed by atoms with Gasteiger partial charge in [0.2, 0.25) is 0 Å². The molecule has 0 radical (unpaired) electrons. The Hall–Kier alpha value is -1.38. The Kier molecular flexibility index (Phi) is 1.57. The summed E-state index contributed by atoms with van der Waals surface area (Å²) in [6.07, 6.45) is 5.99. The summed E-state index contributed by atoms with van der Waals surface area (Å²) in [4.78, 5) is 22.1. The first kappa shape index (κ1) is 7.28. The zero-order valence-corrected chi connectivity index (χ0v) is 6.45. The van der Waals surface area contributed by atoms with Gasteiger partial charge >= 0.3 is 5.97 Å². The molecule has 1 aliphatic carbocycles. The molecule has 62 valence electrons. The van der Waals surface area contributed by atoms with Gasteiger partial charge in [0.1, 0.15) is 12.2 Å². The van der Waals surface area contributed by atoms with Crippen molar-refractivity contribution in [3.8, 4) is 0 Å². The molecule has 0 aromatic heterocycles. The average molecular weight is 164 g/mol. The minimum Gasteiger partial charge on any atom is -0.430 e. The van der Waals surface area contributed by atoms with Gasteiger partial charge in [-0.25, -0.2) is 0 Å². The lowest BCUT2D eigenvalue weighted by Gasteiger charge is -2.23. The standard InChI is InChI=1S/C9H8O3/c10-7-5-9(11)12-8-4-2-1-3-6(7)8/h1-2,4,6H,3,5H2. The van der Waals surface area contributed by atoms with Crippen LogP contribution in [-0.4, -0.2) is 11.8 Å². The summed E-state index contributed by atoms with van der Waals surface area (Å²) >= 11 is 0. The average Bonchev–Trinajstić information content (AvgIpc) is 2.04. The molecule has 0 aromatic carbocycles. The largest absolute Gasteiger partial charge is 0.430 e. The van der Waals surface area contributed by atoms with Gasteiger partial charge in [0.15, 0.2) is 5.78 Å². The van der Waals surface area contributed by atoms with Crippen molar-refractivity contribution < 1.29 is 14.3 Å². The number of fused-ring (bicyclic) bond motifs is 1. The maximum Gasteiger partial charge on any atom is 0.318 e. The van der Waals surface area contributed by atoms with E-state index in [0.29, 0.717) is 12.2 Å². The SMILES string of the molecule is O=C1CC(=O)C2CC=CC=C2O1. The number of carbonyl (C=O) groups excluding carboxylic acids is 2. The Balaban J connectivity index is 2.30. The molecule has 1 unspecified atom stereocenters. The molecule has 0 bridgehead atoms. The zero-order valence-electron chi connectivity index (χ0n) is 6.45. The van der Waals surface area contributed by atoms with Crippen LogP contribution in [0.1, 0.15) is 12.8 Å². The van der Waals surface area contributed by atoms with Gasteiger partial charge in [-0.1, -0.05) is 12.2 Å². The van der Waals surface area contributed by atoms with E-state index in [1.807, 2.05) is 6.08 Å². The van der Waals surface area contributed by atoms with Crippen LogP contribution < -0.4 is 0 Å². The predicted octanol–water partition coefficient (Wildman–Crippen LogP) is 0.962. The molecule has 0 saturated carbocycles. The highest BCUT2D eigenvalue weighted by Crippen LogP contribution is 2.27. The molecule has 0 aromatic rings. The fourth-order valence-corrected chi connectivity index (χ4v) is 1.44. The van der Waals surface area contributed by atoms with Crippen LogP contribution in [0.3, 0.4) is 0 Å². The highest BCUT2D eigenvalue weighted by atomic mass is 16.5. The molecule has 1 heterocycles. The molecule has 12 heavy (non-hydrogen) atoms. The summed E-state index contributed by atoms with van der Waals surface area (Å²) in [7, 11) is 0. The molecule has 1 atom stereocenters. The molecule has 1 aliphatic heterocycles. The Bertz CT molecular complexity index is 299. The van der Waals surface area contributed by atoms with E-state index < -0.39 is 5.97 Å². The van der Waals surface area contributed by atoms with E-state index in [4.69, 9.17) is 4.74 Å². The molecule has 1 fully saturated rings. The number of ether oxygens (including phenoxy) is 1. The number of ketones is 1. The van der Waals surface area contributed by atoms with Crippen LogP contribution >= 0.6 is 0 Å². The van der Waals surface area contributed by atoms with Gasteiger partial charge in [0, 0.05) is 0 Å². The number of Topliss-reactive ketones (excluding diaryl/α,β-unsaturated/α-hetero) is 1. The topological polar surface area (TPSA) is 43.4 Å². The second-order valence-corrected chi connectivity index (χ2v) is 2.90. The van der Waals surface area contributed by atoms with Gasteiger partial charge in [0.05, 0.1) is 5.92 Å². The van der Waals surface area contributed by atoms with Gasteiger partial charge in [-0.3, -0.25) is 9.59 Å². The van der Waals surface area contributed by atoms with E-state index in [0.717, 1.165) is 0 Å². The van der Waals surface area contributed by atoms with Crippen LogP contribution in [0, 0.1) is 5.92 Å². The fourth-order valence-electron chi connectivity index (χ4n) is 1.44. The van der Waals surface area contributed by atoms with Crippen LogP contribution in [-0.2, 0) is 14.3 Å². The summed E-state index contributed by atoms with van der Waals surface area (Å²) in [5.41, 5.74) is 0. The molecule has 2 aliphatic rings. The minimum atomic E-state index is -0.433. The van der Waals surface area contributed by atoms with Crippen molar-refractivity contribution in [1.82, 2.24) is 0 Å². The summed E-state index contributed by atoms with van der Waals surface area (Å²) in [5, 5.41) is 0. The summed E-state index contributed by atoms with van der Waals surface area (Å²) < 4.78 is 4.91. The fraction of sp³-hybridized carbons (Fsp3) is 0.333. The molecule has 3 nitrogen and oxygen atoms in total. The van der Waals surface area contributed by atoms with Crippen LogP contribution in [0.4, 0.5) is 0 Å². The first-order valence-corrected chi connectivity index (χ1v) is 3.87. The van der Waals surface area contributed by atoms with Crippen LogP contribution in [0.15, 0.2) is 24.0 Å². The van der Waals surface area contributed by atoms with Gasteiger partial charge in [-0.2, -0.15) is 0 Å². The van der Waals surface area contributed by atoms with Crippen molar-refractivity contribution in [3.63, 3.8) is 0 Å². The Morgan fingerprint density at radius 1 is 1.42 bits per heavy atom. The van der Waals surface area contributed by atoms with Gasteiger partial charge in [-0.05, 0) is 12.5 Å². The van der Waals surface area contributed by atoms with Gasteiger partial charge in [-0.15, -0.1) is 0 Å². The van der Waals surface area contributed by atoms with Crippen molar-refractivity contribution in [2.24, 2.45) is 5.92 Å². The highest BCUT2D eigenvalue weighted by molar-refractivity contribution is 6.01. The lowest BCUT2D eigenvalue weighted by molar-refractivity contribution is -0.148. The summed E-state index contributed by atoms with van der Waals surface area (Å²) in [6, 6.07) is 0. The van der Waals surface area contributed by atoms with E-state index in [1.54, 1.807) is 12.2 Å². The van der Waals surface area contributed by atoms with Crippen LogP contribution in [0.5, 0.6) is 0 Å². The number of carbonyl (C=O) groups is 2. The maximum atomic E-state index is 11.3. The van der Waals surface area contributed by atoms with Crippen molar-refractivity contribution in [2.45, 2.75) is 12.8 Å². The predicted molar refractivity (Wildman–Crippen MR) is 41.0 cm³/mol. The van der Waals surface area contributed by atoms with Gasteiger partial charge in [0.25, 0.3) is 0 Å². The van der Waals surface area contributed by atoms with Crippen molar-refractivity contribution in [3.05, 3.63) is 24.0 Å². The Morgan fingerprint density at radius 3 is 3.08 bits per heavy atom. The number of hydrogen-bond donors (Lipinski definition) is 0. The molecule has 0 amide bonds.